The first-order chi connectivity index (χ1) is 17.9. The lowest BCUT2D eigenvalue weighted by Crippen LogP contribution is -2.22. The number of ketones is 1. The molecule has 14 heteroatoms. The van der Waals surface area contributed by atoms with E-state index >= 15 is 4.39 Å². The van der Waals surface area contributed by atoms with Gasteiger partial charge in [-0.1, -0.05) is 0 Å². The Morgan fingerprint density at radius 1 is 1.08 bits per heavy atom. The SMILES string of the molecule is O=C(O)CCc1cnc2[nH]cc(C(=O)c3c(F)ccc(N(c4ccc(C(F)(F)F)cc4)S(=O)O)c3F)c2c1. The van der Waals surface area contributed by atoms with E-state index in [9.17, 15) is 35.9 Å². The second kappa shape index (κ2) is 10.3. The van der Waals surface area contributed by atoms with Crippen molar-refractivity contribution in [1.82, 2.24) is 9.97 Å². The largest absolute Gasteiger partial charge is 0.481 e. The number of hydrogen-bond acceptors (Lipinski definition) is 4. The molecule has 0 aliphatic carbocycles. The quantitative estimate of drug-likeness (QED) is 0.153. The Labute approximate surface area is 213 Å². The number of fused-ring (bicyclic) bond motifs is 1. The average Bonchev–Trinajstić information content (AvgIpc) is 3.27. The molecular formula is C24H16F5N3O5S. The van der Waals surface area contributed by atoms with Gasteiger partial charge in [-0.05, 0) is 54.4 Å². The summed E-state index contributed by atoms with van der Waals surface area (Å²) in [6, 6.07) is 5.78. The summed E-state index contributed by atoms with van der Waals surface area (Å²) in [5.41, 5.74) is -2.78. The molecule has 1 atom stereocenters. The van der Waals surface area contributed by atoms with E-state index in [1.165, 1.54) is 12.3 Å². The number of halogens is 5. The number of anilines is 2. The van der Waals surface area contributed by atoms with Crippen molar-refractivity contribution < 1.29 is 45.4 Å². The van der Waals surface area contributed by atoms with Crippen LogP contribution in [-0.2, 0) is 28.7 Å². The maximum Gasteiger partial charge on any atom is 0.416 e. The third-order valence-corrected chi connectivity index (χ3v) is 6.28. The van der Waals surface area contributed by atoms with Crippen molar-refractivity contribution in [2.75, 3.05) is 4.31 Å². The minimum Gasteiger partial charge on any atom is -0.481 e. The van der Waals surface area contributed by atoms with E-state index in [4.69, 9.17) is 5.11 Å². The molecule has 2 heterocycles. The summed E-state index contributed by atoms with van der Waals surface area (Å²) >= 11 is -3.03. The average molecular weight is 553 g/mol. The molecule has 0 aliphatic rings. The van der Waals surface area contributed by atoms with Crippen LogP contribution in [0.15, 0.2) is 54.9 Å². The molecule has 38 heavy (non-hydrogen) atoms. The van der Waals surface area contributed by atoms with Gasteiger partial charge in [0.05, 0.1) is 22.5 Å². The molecule has 0 spiro atoms. The molecule has 3 N–H and O–H groups in total. The van der Waals surface area contributed by atoms with Crippen LogP contribution in [0.4, 0.5) is 33.3 Å². The van der Waals surface area contributed by atoms with Gasteiger partial charge in [-0.2, -0.15) is 13.2 Å². The number of H-pyrrole nitrogens is 1. The van der Waals surface area contributed by atoms with Gasteiger partial charge in [-0.25, -0.2) is 22.3 Å². The summed E-state index contributed by atoms with van der Waals surface area (Å²) in [7, 11) is 0. The zero-order chi connectivity index (χ0) is 27.8. The second-order valence-electron chi connectivity index (χ2n) is 7.99. The number of pyridine rings is 1. The number of carbonyl (C=O) groups is 2. The molecule has 198 valence electrons. The number of aromatic amines is 1. The number of carboxylic acids is 1. The molecule has 0 saturated carbocycles. The van der Waals surface area contributed by atoms with Crippen molar-refractivity contribution in [3.05, 3.63) is 88.7 Å². The summed E-state index contributed by atoms with van der Waals surface area (Å²) in [6.45, 7) is 0. The summed E-state index contributed by atoms with van der Waals surface area (Å²) in [6.07, 6.45) is -2.28. The number of carboxylic acid groups (broad SMARTS) is 1. The van der Waals surface area contributed by atoms with E-state index < -0.39 is 57.6 Å². The molecule has 0 fully saturated rings. The Morgan fingerprint density at radius 3 is 2.37 bits per heavy atom. The minimum atomic E-state index is -4.69. The fourth-order valence-corrected chi connectivity index (χ4v) is 4.37. The maximum absolute atomic E-state index is 15.6. The van der Waals surface area contributed by atoms with Crippen LogP contribution in [0.1, 0.15) is 33.5 Å². The maximum atomic E-state index is 15.6. The summed E-state index contributed by atoms with van der Waals surface area (Å²) in [4.78, 5) is 30.9. The standard InChI is InChI=1S/C24H16F5N3O5S/c25-17-6-7-18(32(38(36)37)14-4-2-13(3-5-14)24(27,28)29)21(26)20(17)22(35)16-11-31-23-15(16)9-12(10-30-23)1-8-19(33)34/h2-7,9-11H,1,8H2,(H,30,31)(H,33,34)(H,36,37). The van der Waals surface area contributed by atoms with Crippen LogP contribution in [0.5, 0.6) is 0 Å². The summed E-state index contributed by atoms with van der Waals surface area (Å²) < 4.78 is 91.4. The predicted octanol–water partition coefficient (Wildman–Crippen LogP) is 5.38. The lowest BCUT2D eigenvalue weighted by molar-refractivity contribution is -0.138. The predicted molar refractivity (Wildman–Crippen MR) is 126 cm³/mol. The second-order valence-corrected chi connectivity index (χ2v) is 8.82. The molecule has 4 aromatic rings. The van der Waals surface area contributed by atoms with E-state index in [2.05, 4.69) is 9.97 Å². The van der Waals surface area contributed by atoms with E-state index in [1.807, 2.05) is 0 Å². The zero-order valence-corrected chi connectivity index (χ0v) is 19.7. The van der Waals surface area contributed by atoms with Gasteiger partial charge >= 0.3 is 12.1 Å². The number of aromatic nitrogens is 2. The van der Waals surface area contributed by atoms with Gasteiger partial charge in [0.15, 0.2) is 5.82 Å². The molecule has 0 amide bonds. The van der Waals surface area contributed by atoms with E-state index in [0.717, 1.165) is 24.4 Å². The Hall–Kier alpha value is -4.17. The normalized spacial score (nSPS) is 12.5. The van der Waals surface area contributed by atoms with Crippen LogP contribution in [0.2, 0.25) is 0 Å². The molecule has 2 aromatic heterocycles. The van der Waals surface area contributed by atoms with E-state index in [-0.39, 0.29) is 35.1 Å². The van der Waals surface area contributed by atoms with E-state index in [0.29, 0.717) is 28.1 Å². The Balaban J connectivity index is 1.78. The molecule has 4 rings (SSSR count). The fraction of sp³-hybridized carbons (Fsp3) is 0.125. The van der Waals surface area contributed by atoms with Gasteiger partial charge in [-0.15, -0.1) is 0 Å². The number of nitrogens with one attached hydrogen (secondary N) is 1. The molecule has 2 aromatic carbocycles. The zero-order valence-electron chi connectivity index (χ0n) is 18.9. The van der Waals surface area contributed by atoms with Crippen LogP contribution in [0.25, 0.3) is 11.0 Å². The van der Waals surface area contributed by atoms with Gasteiger partial charge < -0.3 is 10.1 Å². The van der Waals surface area contributed by atoms with Crippen molar-refractivity contribution in [2.24, 2.45) is 0 Å². The van der Waals surface area contributed by atoms with Crippen LogP contribution in [-0.4, -0.2) is 35.6 Å². The third kappa shape index (κ3) is 5.26. The highest BCUT2D eigenvalue weighted by atomic mass is 32.2. The van der Waals surface area contributed by atoms with E-state index in [1.54, 1.807) is 0 Å². The molecule has 8 nitrogen and oxygen atoms in total. The van der Waals surface area contributed by atoms with Gasteiger partial charge in [-0.3, -0.25) is 14.1 Å². The monoisotopic (exact) mass is 553 g/mol. The van der Waals surface area contributed by atoms with Crippen molar-refractivity contribution in [2.45, 2.75) is 19.0 Å². The van der Waals surface area contributed by atoms with Gasteiger partial charge in [0.1, 0.15) is 11.5 Å². The summed E-state index contributed by atoms with van der Waals surface area (Å²) in [5.74, 6) is -5.03. The van der Waals surface area contributed by atoms with Crippen LogP contribution < -0.4 is 4.31 Å². The summed E-state index contributed by atoms with van der Waals surface area (Å²) in [5, 5.41) is 9.04. The number of alkyl halides is 3. The molecule has 0 radical (unpaired) electrons. The first-order valence-corrected chi connectivity index (χ1v) is 11.7. The molecule has 0 bridgehead atoms. The number of aliphatic carboxylic acids is 1. The highest BCUT2D eigenvalue weighted by Gasteiger charge is 2.32. The molecular weight excluding hydrogens is 537 g/mol. The van der Waals surface area contributed by atoms with Gasteiger partial charge in [0.25, 0.3) is 11.3 Å². The Morgan fingerprint density at radius 2 is 1.76 bits per heavy atom. The number of hydrogen-bond donors (Lipinski definition) is 3. The van der Waals surface area contributed by atoms with Crippen LogP contribution in [0.3, 0.4) is 0 Å². The van der Waals surface area contributed by atoms with Crippen molar-refractivity contribution in [1.29, 1.82) is 0 Å². The molecule has 0 aliphatic heterocycles. The third-order valence-electron chi connectivity index (χ3n) is 5.56. The van der Waals surface area contributed by atoms with Crippen LogP contribution >= 0.6 is 0 Å². The van der Waals surface area contributed by atoms with Crippen molar-refractivity contribution in [3.8, 4) is 0 Å². The van der Waals surface area contributed by atoms with Gasteiger partial charge in [0.2, 0.25) is 5.78 Å². The number of benzene rings is 2. The number of nitrogens with zero attached hydrogens (tertiary/aromatic N) is 2. The number of rotatable bonds is 8. The first-order valence-electron chi connectivity index (χ1n) is 10.7. The Kier molecular flexibility index (Phi) is 7.29. The highest BCUT2D eigenvalue weighted by molar-refractivity contribution is 7.81. The van der Waals surface area contributed by atoms with Crippen molar-refractivity contribution >= 4 is 45.4 Å². The lowest BCUT2D eigenvalue weighted by atomic mass is 10.00. The molecule has 1 unspecified atom stereocenters. The highest BCUT2D eigenvalue weighted by Crippen LogP contribution is 2.36. The Bertz CT molecular complexity index is 1570. The lowest BCUT2D eigenvalue weighted by Gasteiger charge is -2.22. The van der Waals surface area contributed by atoms with Gasteiger partial charge in [0, 0.05) is 29.8 Å². The van der Waals surface area contributed by atoms with Crippen LogP contribution in [0, 0.1) is 11.6 Å². The smallest absolute Gasteiger partial charge is 0.416 e. The first kappa shape index (κ1) is 26.9. The fourth-order valence-electron chi connectivity index (χ4n) is 3.76. The number of carbonyl (C=O) groups excluding carboxylic acids is 1. The minimum absolute atomic E-state index is 0.0830. The molecule has 0 saturated heterocycles. The topological polar surface area (TPSA) is 124 Å². The number of aryl methyl sites for hydroxylation is 1. The van der Waals surface area contributed by atoms with Crippen molar-refractivity contribution in [3.63, 3.8) is 0 Å².